The van der Waals surface area contributed by atoms with Crippen molar-refractivity contribution in [1.82, 2.24) is 15.5 Å². The second-order valence-electron chi connectivity index (χ2n) is 6.53. The van der Waals surface area contributed by atoms with Crippen molar-refractivity contribution >= 4 is 74.9 Å². The van der Waals surface area contributed by atoms with Gasteiger partial charge in [0, 0.05) is 11.9 Å². The van der Waals surface area contributed by atoms with E-state index in [-0.39, 0.29) is 54.8 Å². The van der Waals surface area contributed by atoms with Crippen molar-refractivity contribution in [2.75, 3.05) is 11.9 Å². The molecular weight excluding hydrogens is 544 g/mol. The number of H-pyrrole nitrogens is 1. The van der Waals surface area contributed by atoms with Crippen LogP contribution in [0.2, 0.25) is 20.1 Å². The van der Waals surface area contributed by atoms with Crippen LogP contribution in [0.4, 0.5) is 10.5 Å². The van der Waals surface area contributed by atoms with Gasteiger partial charge >= 0.3 is 6.09 Å². The average Bonchev–Trinajstić information content (AvgIpc) is 2.79. The van der Waals surface area contributed by atoms with Gasteiger partial charge in [-0.2, -0.15) is 5.26 Å². The first-order valence-electron chi connectivity index (χ1n) is 9.53. The lowest BCUT2D eigenvalue weighted by Gasteiger charge is -2.12. The summed E-state index contributed by atoms with van der Waals surface area (Å²) >= 11 is 24.7. The summed E-state index contributed by atoms with van der Waals surface area (Å²) in [6.07, 6.45) is 0.0676. The number of amides is 2. The number of fused-ring (bicyclic) bond motifs is 1. The number of anilines is 1. The number of hydrogen-bond acceptors (Lipinski definition) is 8. The predicted molar refractivity (Wildman–Crippen MR) is 131 cm³/mol. The van der Waals surface area contributed by atoms with Crippen molar-refractivity contribution in [2.24, 2.45) is 0 Å². The molecule has 14 heteroatoms. The lowest BCUT2D eigenvalue weighted by atomic mass is 10.2. The van der Waals surface area contributed by atoms with Crippen LogP contribution >= 0.6 is 46.4 Å². The Morgan fingerprint density at radius 2 is 1.71 bits per heavy atom. The Balaban J connectivity index is 1.87. The van der Waals surface area contributed by atoms with Crippen molar-refractivity contribution in [2.45, 2.75) is 6.92 Å². The smallest absolute Gasteiger partial charge is 0.414 e. The van der Waals surface area contributed by atoms with E-state index >= 15 is 0 Å². The van der Waals surface area contributed by atoms with Crippen LogP contribution in [0.25, 0.3) is 10.8 Å². The quantitative estimate of drug-likeness (QED) is 0.269. The topological polar surface area (TPSA) is 146 Å². The van der Waals surface area contributed by atoms with Crippen molar-refractivity contribution in [3.8, 4) is 17.7 Å². The van der Waals surface area contributed by atoms with Crippen molar-refractivity contribution in [3.05, 3.63) is 66.5 Å². The molecule has 2 amide bonds. The number of carbonyl (C=O) groups excluding carboxylic acids is 2. The van der Waals surface area contributed by atoms with Gasteiger partial charge in [-0.3, -0.25) is 14.9 Å². The van der Waals surface area contributed by atoms with Gasteiger partial charge in [-0.1, -0.05) is 46.4 Å². The number of carbonyl (C=O) groups is 2. The zero-order chi connectivity index (χ0) is 25.7. The molecule has 0 unspecified atom stereocenters. The number of alkyl carbamates (subject to hydrolysis) is 1. The van der Waals surface area contributed by atoms with Crippen molar-refractivity contribution in [3.63, 3.8) is 0 Å². The Hall–Kier alpha value is -3.49. The van der Waals surface area contributed by atoms with E-state index in [0.29, 0.717) is 0 Å². The number of ether oxygens (including phenoxy) is 2. The van der Waals surface area contributed by atoms with Crippen LogP contribution in [0.1, 0.15) is 6.92 Å². The molecule has 0 spiro atoms. The maximum absolute atomic E-state index is 12.1. The molecule has 3 N–H and O–H groups in total. The zero-order valence-corrected chi connectivity index (χ0v) is 20.6. The molecule has 35 heavy (non-hydrogen) atoms. The van der Waals surface area contributed by atoms with E-state index in [1.54, 1.807) is 13.0 Å². The van der Waals surface area contributed by atoms with E-state index in [2.05, 4.69) is 20.3 Å². The fraction of sp³-hybridized carbons (Fsp3) is 0.0952. The summed E-state index contributed by atoms with van der Waals surface area (Å²) in [7, 11) is 0. The minimum absolute atomic E-state index is 0.00958. The van der Waals surface area contributed by atoms with Crippen molar-refractivity contribution in [1.29, 1.82) is 5.26 Å². The van der Waals surface area contributed by atoms with Crippen LogP contribution in [0, 0.1) is 11.3 Å². The lowest BCUT2D eigenvalue weighted by molar-refractivity contribution is -0.116. The van der Waals surface area contributed by atoms with Gasteiger partial charge in [0.1, 0.15) is 11.6 Å². The van der Waals surface area contributed by atoms with Gasteiger partial charge in [0.05, 0.1) is 37.5 Å². The summed E-state index contributed by atoms with van der Waals surface area (Å²) in [6.45, 7) is 1.62. The summed E-state index contributed by atoms with van der Waals surface area (Å²) in [5, 5.41) is 20.8. The minimum Gasteiger partial charge on any atom is -0.450 e. The fourth-order valence-corrected chi connectivity index (χ4v) is 3.57. The number of aromatic nitrogens is 2. The van der Waals surface area contributed by atoms with Crippen LogP contribution in [0.5, 0.6) is 11.6 Å². The highest BCUT2D eigenvalue weighted by Crippen LogP contribution is 2.40. The minimum atomic E-state index is -0.988. The van der Waals surface area contributed by atoms with Gasteiger partial charge in [-0.05, 0) is 31.2 Å². The number of nitrogens with one attached hydrogen (secondary N) is 3. The van der Waals surface area contributed by atoms with Gasteiger partial charge in [-0.15, -0.1) is 5.10 Å². The Bertz CT molecular complexity index is 1440. The van der Waals surface area contributed by atoms with Gasteiger partial charge in [0.15, 0.2) is 5.75 Å². The van der Waals surface area contributed by atoms with Gasteiger partial charge in [-0.25, -0.2) is 9.89 Å². The van der Waals surface area contributed by atoms with E-state index in [9.17, 15) is 19.6 Å². The highest BCUT2D eigenvalue weighted by molar-refractivity contribution is 6.43. The van der Waals surface area contributed by atoms with E-state index in [4.69, 9.17) is 51.1 Å². The highest BCUT2D eigenvalue weighted by Gasteiger charge is 2.17. The normalized spacial score (nSPS) is 11.0. The maximum atomic E-state index is 12.1. The Kier molecular flexibility index (Phi) is 8.43. The third-order valence-electron chi connectivity index (χ3n) is 4.23. The number of nitriles is 1. The zero-order valence-electron chi connectivity index (χ0n) is 17.5. The van der Waals surface area contributed by atoms with Crippen LogP contribution in [0.15, 0.2) is 40.8 Å². The molecule has 0 aliphatic heterocycles. The maximum Gasteiger partial charge on any atom is 0.414 e. The third kappa shape index (κ3) is 6.15. The SMILES string of the molecule is CCOC(=O)NC(=O)/C(C#N)=C\Nc1cc(Cl)c(Oc2n[nH]c(=O)c3cc(Cl)c(Cl)cc23)c(Cl)c1. The summed E-state index contributed by atoms with van der Waals surface area (Å²) in [5.74, 6) is -0.995. The molecule has 1 aromatic heterocycles. The highest BCUT2D eigenvalue weighted by atomic mass is 35.5. The Morgan fingerprint density at radius 3 is 2.31 bits per heavy atom. The molecule has 2 aromatic carbocycles. The molecule has 0 atom stereocenters. The first-order valence-corrected chi connectivity index (χ1v) is 11.0. The molecule has 180 valence electrons. The molecule has 0 aliphatic rings. The van der Waals surface area contributed by atoms with E-state index < -0.39 is 23.1 Å². The second kappa shape index (κ2) is 11.3. The first-order chi connectivity index (χ1) is 16.6. The first kappa shape index (κ1) is 26.1. The molecule has 0 aliphatic carbocycles. The van der Waals surface area contributed by atoms with Gasteiger partial charge in [0.2, 0.25) is 5.88 Å². The molecule has 0 radical (unpaired) electrons. The van der Waals surface area contributed by atoms with E-state index in [1.165, 1.54) is 24.3 Å². The molecule has 0 bridgehead atoms. The number of nitrogens with zero attached hydrogens (tertiary/aromatic N) is 2. The molecular formula is C21H13Cl4N5O5. The summed E-state index contributed by atoms with van der Waals surface area (Å²) in [4.78, 5) is 35.4. The fourth-order valence-electron chi connectivity index (χ4n) is 2.68. The molecule has 10 nitrogen and oxygen atoms in total. The summed E-state index contributed by atoms with van der Waals surface area (Å²) in [5.41, 5.74) is -0.627. The van der Waals surface area contributed by atoms with Crippen LogP contribution in [-0.4, -0.2) is 28.8 Å². The van der Waals surface area contributed by atoms with Crippen LogP contribution in [0.3, 0.4) is 0 Å². The summed E-state index contributed by atoms with van der Waals surface area (Å²) < 4.78 is 10.3. The van der Waals surface area contributed by atoms with Gasteiger partial charge in [0.25, 0.3) is 11.5 Å². The predicted octanol–water partition coefficient (Wildman–Crippen LogP) is 5.42. The number of halogens is 4. The molecule has 3 aromatic rings. The van der Waals surface area contributed by atoms with Gasteiger partial charge < -0.3 is 14.8 Å². The second-order valence-corrected chi connectivity index (χ2v) is 8.16. The number of aromatic amines is 1. The van der Waals surface area contributed by atoms with Crippen LogP contribution in [-0.2, 0) is 9.53 Å². The Morgan fingerprint density at radius 1 is 1.09 bits per heavy atom. The third-order valence-corrected chi connectivity index (χ3v) is 5.51. The Labute approximate surface area is 217 Å². The number of imide groups is 1. The van der Waals surface area contributed by atoms with Crippen LogP contribution < -0.4 is 20.9 Å². The number of hydrogen-bond donors (Lipinski definition) is 3. The summed E-state index contributed by atoms with van der Waals surface area (Å²) in [6, 6.07) is 7.25. The molecule has 3 rings (SSSR count). The molecule has 0 saturated heterocycles. The average molecular weight is 557 g/mol. The number of benzene rings is 2. The standard InChI is InChI=1S/C21H13Cl4N5O5/c1-2-34-21(33)28-18(31)9(7-26)8-27-10-3-15(24)17(16(25)4-10)35-20-12-6-14(23)13(22)5-11(12)19(32)29-30-20/h3-6,8,27H,2H2,1H3,(H,29,32)(H,28,31,33)/b9-8-. The van der Waals surface area contributed by atoms with E-state index in [1.807, 2.05) is 5.32 Å². The largest absolute Gasteiger partial charge is 0.450 e. The monoisotopic (exact) mass is 555 g/mol. The van der Waals surface area contributed by atoms with Crippen molar-refractivity contribution < 1.29 is 19.1 Å². The molecule has 0 fully saturated rings. The molecule has 0 saturated carbocycles. The number of rotatable bonds is 6. The van der Waals surface area contributed by atoms with E-state index in [0.717, 1.165) is 6.20 Å². The molecule has 1 heterocycles. The lowest BCUT2D eigenvalue weighted by Crippen LogP contribution is -2.32.